The van der Waals surface area contributed by atoms with Gasteiger partial charge in [0.1, 0.15) is 6.04 Å². The van der Waals surface area contributed by atoms with Crippen LogP contribution in [0.5, 0.6) is 0 Å². The van der Waals surface area contributed by atoms with Gasteiger partial charge in [0.15, 0.2) is 0 Å². The topological polar surface area (TPSA) is 86.7 Å². The maximum Gasteiger partial charge on any atom is 0.311 e. The van der Waals surface area contributed by atoms with Crippen LogP contribution in [-0.2, 0) is 14.4 Å². The second-order valence-corrected chi connectivity index (χ2v) is 5.03. The van der Waals surface area contributed by atoms with Crippen molar-refractivity contribution in [2.75, 3.05) is 13.1 Å². The highest BCUT2D eigenvalue weighted by molar-refractivity contribution is 5.91. The molecular formula is C11H16N2O4. The number of carbonyl (C=O) groups excluding carboxylic acids is 2. The monoisotopic (exact) mass is 240 g/mol. The number of nitrogens with one attached hydrogen (secondary N) is 1. The Morgan fingerprint density at radius 3 is 2.71 bits per heavy atom. The van der Waals surface area contributed by atoms with E-state index in [0.717, 1.165) is 0 Å². The molecule has 0 radical (unpaired) electrons. The summed E-state index contributed by atoms with van der Waals surface area (Å²) in [4.78, 5) is 35.7. The van der Waals surface area contributed by atoms with Crippen molar-refractivity contribution < 1.29 is 19.5 Å². The molecule has 2 aliphatic heterocycles. The smallest absolute Gasteiger partial charge is 0.311 e. The van der Waals surface area contributed by atoms with E-state index in [2.05, 4.69) is 5.32 Å². The van der Waals surface area contributed by atoms with E-state index >= 15 is 0 Å². The summed E-state index contributed by atoms with van der Waals surface area (Å²) < 4.78 is 0. The fraction of sp³-hybridized carbons (Fsp3) is 0.727. The van der Waals surface area contributed by atoms with E-state index < -0.39 is 17.4 Å². The Kier molecular flexibility index (Phi) is 2.81. The Balaban J connectivity index is 1.99. The lowest BCUT2D eigenvalue weighted by Gasteiger charge is -2.22. The van der Waals surface area contributed by atoms with Crippen molar-refractivity contribution in [3.8, 4) is 0 Å². The van der Waals surface area contributed by atoms with Crippen molar-refractivity contribution in [3.63, 3.8) is 0 Å². The minimum Gasteiger partial charge on any atom is -0.481 e. The van der Waals surface area contributed by atoms with Gasteiger partial charge >= 0.3 is 5.97 Å². The van der Waals surface area contributed by atoms with Crippen molar-refractivity contribution in [2.45, 2.75) is 32.2 Å². The van der Waals surface area contributed by atoms with Gasteiger partial charge < -0.3 is 15.3 Å². The second kappa shape index (κ2) is 4.01. The van der Waals surface area contributed by atoms with Crippen LogP contribution in [0.4, 0.5) is 0 Å². The number of carboxylic acid groups (broad SMARTS) is 1. The van der Waals surface area contributed by atoms with Crippen molar-refractivity contribution in [1.82, 2.24) is 10.2 Å². The largest absolute Gasteiger partial charge is 0.481 e. The van der Waals surface area contributed by atoms with E-state index in [1.54, 1.807) is 11.8 Å². The van der Waals surface area contributed by atoms with Gasteiger partial charge in [-0.05, 0) is 19.8 Å². The first-order valence-corrected chi connectivity index (χ1v) is 5.74. The highest BCUT2D eigenvalue weighted by Gasteiger charge is 2.44. The number of carbonyl (C=O) groups is 3. The molecule has 0 aliphatic carbocycles. The molecule has 2 N–H and O–H groups in total. The quantitative estimate of drug-likeness (QED) is 0.687. The first-order valence-electron chi connectivity index (χ1n) is 5.74. The van der Waals surface area contributed by atoms with Gasteiger partial charge in [0.2, 0.25) is 11.8 Å². The number of likely N-dealkylation sites (tertiary alicyclic amines) is 1. The third-order valence-corrected chi connectivity index (χ3v) is 3.59. The molecular weight excluding hydrogens is 224 g/mol. The number of hydrogen-bond donors (Lipinski definition) is 2. The lowest BCUT2D eigenvalue weighted by Crippen LogP contribution is -2.44. The van der Waals surface area contributed by atoms with Gasteiger partial charge in [-0.3, -0.25) is 14.4 Å². The minimum absolute atomic E-state index is 0.108. The van der Waals surface area contributed by atoms with Gasteiger partial charge in [0.25, 0.3) is 0 Å². The van der Waals surface area contributed by atoms with Crippen molar-refractivity contribution in [3.05, 3.63) is 0 Å². The van der Waals surface area contributed by atoms with Crippen LogP contribution in [-0.4, -0.2) is 46.9 Å². The van der Waals surface area contributed by atoms with E-state index in [1.165, 1.54) is 0 Å². The number of hydrogen-bond acceptors (Lipinski definition) is 3. The van der Waals surface area contributed by atoms with Gasteiger partial charge in [-0.1, -0.05) is 0 Å². The summed E-state index contributed by atoms with van der Waals surface area (Å²) >= 11 is 0. The van der Waals surface area contributed by atoms with Crippen LogP contribution in [0.15, 0.2) is 0 Å². The molecule has 2 atom stereocenters. The average molecular weight is 240 g/mol. The summed E-state index contributed by atoms with van der Waals surface area (Å²) in [6, 6.07) is -0.460. The third-order valence-electron chi connectivity index (χ3n) is 3.59. The molecule has 0 aromatic heterocycles. The second-order valence-electron chi connectivity index (χ2n) is 5.03. The van der Waals surface area contributed by atoms with E-state index in [0.29, 0.717) is 25.8 Å². The lowest BCUT2D eigenvalue weighted by atomic mass is 9.90. The number of carboxylic acids is 1. The highest BCUT2D eigenvalue weighted by atomic mass is 16.4. The maximum atomic E-state index is 12.0. The van der Waals surface area contributed by atoms with Gasteiger partial charge in [-0.2, -0.15) is 0 Å². The maximum absolute atomic E-state index is 12.0. The van der Waals surface area contributed by atoms with Crippen LogP contribution >= 0.6 is 0 Å². The van der Waals surface area contributed by atoms with E-state index in [-0.39, 0.29) is 18.4 Å². The van der Waals surface area contributed by atoms with Gasteiger partial charge in [0, 0.05) is 19.5 Å². The first-order chi connectivity index (χ1) is 7.92. The molecule has 2 amide bonds. The fourth-order valence-electron chi connectivity index (χ4n) is 2.34. The van der Waals surface area contributed by atoms with Crippen LogP contribution in [0, 0.1) is 5.41 Å². The summed E-state index contributed by atoms with van der Waals surface area (Å²) in [5, 5.41) is 11.7. The van der Waals surface area contributed by atoms with Crippen LogP contribution < -0.4 is 5.32 Å². The molecule has 17 heavy (non-hydrogen) atoms. The molecule has 6 nitrogen and oxygen atoms in total. The number of rotatable bonds is 2. The summed E-state index contributed by atoms with van der Waals surface area (Å²) in [5.74, 6) is -1.13. The fourth-order valence-corrected chi connectivity index (χ4v) is 2.34. The molecule has 94 valence electrons. The SMILES string of the molecule is CC1(C(=O)O)CCN(C(=O)[C@H]2CCC(=O)N2)C1. The first kappa shape index (κ1) is 11.9. The number of amides is 2. The molecule has 0 aromatic carbocycles. The summed E-state index contributed by atoms with van der Waals surface area (Å²) in [7, 11) is 0. The van der Waals surface area contributed by atoms with E-state index in [4.69, 9.17) is 5.11 Å². The zero-order chi connectivity index (χ0) is 12.6. The average Bonchev–Trinajstić information content (AvgIpc) is 2.85. The van der Waals surface area contributed by atoms with Gasteiger partial charge in [-0.25, -0.2) is 0 Å². The molecule has 2 rings (SSSR count). The normalized spacial score (nSPS) is 32.6. The molecule has 2 fully saturated rings. The molecule has 0 bridgehead atoms. The minimum atomic E-state index is -0.872. The number of nitrogens with zero attached hydrogens (tertiary/aromatic N) is 1. The molecule has 0 aromatic rings. The molecule has 2 saturated heterocycles. The molecule has 6 heteroatoms. The molecule has 0 spiro atoms. The zero-order valence-electron chi connectivity index (χ0n) is 9.73. The van der Waals surface area contributed by atoms with Crippen LogP contribution in [0.25, 0.3) is 0 Å². The Morgan fingerprint density at radius 1 is 1.53 bits per heavy atom. The summed E-state index contributed by atoms with van der Waals surface area (Å²) in [6.45, 7) is 2.33. The van der Waals surface area contributed by atoms with Gasteiger partial charge in [-0.15, -0.1) is 0 Å². The van der Waals surface area contributed by atoms with Crippen molar-refractivity contribution >= 4 is 17.8 Å². The summed E-state index contributed by atoms with van der Waals surface area (Å²) in [5.41, 5.74) is -0.849. The molecule has 2 aliphatic rings. The predicted molar refractivity (Wildman–Crippen MR) is 58.1 cm³/mol. The highest BCUT2D eigenvalue weighted by Crippen LogP contribution is 2.30. The van der Waals surface area contributed by atoms with E-state index in [1.807, 2.05) is 0 Å². The van der Waals surface area contributed by atoms with Crippen LogP contribution in [0.3, 0.4) is 0 Å². The Bertz CT molecular complexity index is 382. The van der Waals surface area contributed by atoms with Gasteiger partial charge in [0.05, 0.1) is 5.41 Å². The standard InChI is InChI=1S/C11H16N2O4/c1-11(10(16)17)4-5-13(6-11)9(15)7-2-3-8(14)12-7/h7H,2-6H2,1H3,(H,12,14)(H,16,17)/t7-,11?/m1/s1. The Morgan fingerprint density at radius 2 is 2.24 bits per heavy atom. The summed E-state index contributed by atoms with van der Waals surface area (Å²) in [6.07, 6.45) is 1.35. The lowest BCUT2D eigenvalue weighted by molar-refractivity contribution is -0.147. The van der Waals surface area contributed by atoms with Crippen LogP contribution in [0.1, 0.15) is 26.2 Å². The zero-order valence-corrected chi connectivity index (χ0v) is 9.73. The third kappa shape index (κ3) is 2.11. The van der Waals surface area contributed by atoms with E-state index in [9.17, 15) is 14.4 Å². The van der Waals surface area contributed by atoms with Crippen molar-refractivity contribution in [1.29, 1.82) is 0 Å². The molecule has 2 heterocycles. The Hall–Kier alpha value is -1.59. The molecule has 0 saturated carbocycles. The van der Waals surface area contributed by atoms with Crippen molar-refractivity contribution in [2.24, 2.45) is 5.41 Å². The predicted octanol–water partition coefficient (Wildman–Crippen LogP) is -0.412. The van der Waals surface area contributed by atoms with Crippen LogP contribution in [0.2, 0.25) is 0 Å². The number of aliphatic carboxylic acids is 1. The molecule has 1 unspecified atom stereocenters. The Labute approximate surface area is 99.0 Å².